The molecule has 0 aromatic heterocycles. The monoisotopic (exact) mass is 433 g/mol. The first-order valence-corrected chi connectivity index (χ1v) is 9.50. The SMILES string of the molecule is O=C1NN(c2ccccc2)C(=O)/C1=C\c1ccc(OCc2cccc(F)c2)c([N+](=O)[O-])c1. The van der Waals surface area contributed by atoms with Crippen LogP contribution in [0.2, 0.25) is 0 Å². The molecule has 1 heterocycles. The minimum absolute atomic E-state index is 0.0190. The number of benzene rings is 3. The Labute approximate surface area is 181 Å². The van der Waals surface area contributed by atoms with Gasteiger partial charge in [-0.05, 0) is 47.5 Å². The van der Waals surface area contributed by atoms with Crippen molar-refractivity contribution in [3.05, 3.63) is 105 Å². The highest BCUT2D eigenvalue weighted by molar-refractivity contribution is 6.31. The molecule has 1 aliphatic heterocycles. The van der Waals surface area contributed by atoms with Crippen molar-refractivity contribution in [2.45, 2.75) is 6.61 Å². The van der Waals surface area contributed by atoms with E-state index in [0.717, 1.165) is 5.01 Å². The zero-order valence-electron chi connectivity index (χ0n) is 16.5. The van der Waals surface area contributed by atoms with Crippen molar-refractivity contribution in [3.63, 3.8) is 0 Å². The molecule has 1 aliphatic rings. The highest BCUT2D eigenvalue weighted by Crippen LogP contribution is 2.30. The molecule has 0 unspecified atom stereocenters. The summed E-state index contributed by atoms with van der Waals surface area (Å²) in [6.07, 6.45) is 1.28. The molecule has 32 heavy (non-hydrogen) atoms. The van der Waals surface area contributed by atoms with Crippen LogP contribution in [0.5, 0.6) is 5.75 Å². The number of para-hydroxylation sites is 1. The van der Waals surface area contributed by atoms with Gasteiger partial charge in [0.15, 0.2) is 5.75 Å². The molecule has 0 spiro atoms. The molecule has 0 bridgehead atoms. The second kappa shape index (κ2) is 8.68. The van der Waals surface area contributed by atoms with Crippen LogP contribution in [0, 0.1) is 15.9 Å². The first kappa shape index (κ1) is 20.7. The molecule has 0 atom stereocenters. The molecule has 3 aromatic carbocycles. The van der Waals surface area contributed by atoms with Crippen molar-refractivity contribution in [3.8, 4) is 5.75 Å². The Morgan fingerprint density at radius 1 is 1.03 bits per heavy atom. The van der Waals surface area contributed by atoms with E-state index in [1.165, 1.54) is 42.5 Å². The van der Waals surface area contributed by atoms with Crippen molar-refractivity contribution < 1.29 is 23.6 Å². The number of nitrogens with zero attached hydrogens (tertiary/aromatic N) is 2. The largest absolute Gasteiger partial charge is 0.482 e. The van der Waals surface area contributed by atoms with Crippen LogP contribution < -0.4 is 15.2 Å². The standard InChI is InChI=1S/C23H16FN3O5/c24-17-6-4-5-16(11-17)14-32-21-10-9-15(13-20(21)27(30)31)12-19-22(28)25-26(23(19)29)18-7-2-1-3-8-18/h1-13H,14H2,(H,25,28)/b19-12-. The van der Waals surface area contributed by atoms with Crippen LogP contribution in [0.3, 0.4) is 0 Å². The van der Waals surface area contributed by atoms with Gasteiger partial charge in [0, 0.05) is 6.07 Å². The third kappa shape index (κ3) is 4.31. The predicted molar refractivity (Wildman–Crippen MR) is 114 cm³/mol. The van der Waals surface area contributed by atoms with Crippen LogP contribution in [-0.4, -0.2) is 16.7 Å². The summed E-state index contributed by atoms with van der Waals surface area (Å²) in [5.41, 5.74) is 3.25. The molecule has 160 valence electrons. The van der Waals surface area contributed by atoms with Crippen LogP contribution in [0.15, 0.2) is 78.4 Å². The van der Waals surface area contributed by atoms with Gasteiger partial charge in [-0.25, -0.2) is 9.40 Å². The number of hydrogen-bond acceptors (Lipinski definition) is 5. The number of hydrazine groups is 1. The van der Waals surface area contributed by atoms with E-state index in [1.807, 2.05) is 0 Å². The number of carbonyl (C=O) groups excluding carboxylic acids is 2. The number of anilines is 1. The van der Waals surface area contributed by atoms with Gasteiger partial charge in [-0.3, -0.25) is 25.1 Å². The maximum Gasteiger partial charge on any atom is 0.311 e. The fraction of sp³-hybridized carbons (Fsp3) is 0.0435. The van der Waals surface area contributed by atoms with Crippen LogP contribution in [0.25, 0.3) is 6.08 Å². The molecule has 0 radical (unpaired) electrons. The Balaban J connectivity index is 1.58. The molecule has 9 heteroatoms. The number of carbonyl (C=O) groups is 2. The van der Waals surface area contributed by atoms with E-state index < -0.39 is 22.6 Å². The maximum atomic E-state index is 13.3. The van der Waals surface area contributed by atoms with Gasteiger partial charge in [0.2, 0.25) is 0 Å². The summed E-state index contributed by atoms with van der Waals surface area (Å²) in [6.45, 7) is -0.0635. The predicted octanol–water partition coefficient (Wildman–Crippen LogP) is 3.77. The van der Waals surface area contributed by atoms with Gasteiger partial charge in [0.05, 0.1) is 10.6 Å². The number of nitro benzene ring substituents is 1. The van der Waals surface area contributed by atoms with Crippen LogP contribution in [0.1, 0.15) is 11.1 Å². The minimum Gasteiger partial charge on any atom is -0.482 e. The third-order valence-electron chi connectivity index (χ3n) is 4.68. The lowest BCUT2D eigenvalue weighted by atomic mass is 10.1. The number of nitrogens with one attached hydrogen (secondary N) is 1. The Morgan fingerprint density at radius 2 is 1.81 bits per heavy atom. The smallest absolute Gasteiger partial charge is 0.311 e. The molecule has 3 aromatic rings. The van der Waals surface area contributed by atoms with Crippen molar-refractivity contribution in [1.29, 1.82) is 0 Å². The molecule has 0 saturated carbocycles. The summed E-state index contributed by atoms with van der Waals surface area (Å²) in [7, 11) is 0. The van der Waals surface area contributed by atoms with Gasteiger partial charge >= 0.3 is 5.69 Å². The number of rotatable bonds is 6. The maximum absolute atomic E-state index is 13.3. The molecule has 4 rings (SSSR count). The van der Waals surface area contributed by atoms with E-state index in [0.29, 0.717) is 11.3 Å². The average molecular weight is 433 g/mol. The molecule has 1 N–H and O–H groups in total. The summed E-state index contributed by atoms with van der Waals surface area (Å²) in [5, 5.41) is 12.6. The number of halogens is 1. The summed E-state index contributed by atoms with van der Waals surface area (Å²) in [4.78, 5) is 35.9. The lowest BCUT2D eigenvalue weighted by molar-refractivity contribution is -0.386. The van der Waals surface area contributed by atoms with Crippen molar-refractivity contribution in [1.82, 2.24) is 5.43 Å². The van der Waals surface area contributed by atoms with Crippen molar-refractivity contribution >= 4 is 29.3 Å². The second-order valence-electron chi connectivity index (χ2n) is 6.88. The lowest BCUT2D eigenvalue weighted by Gasteiger charge is -2.13. The van der Waals surface area contributed by atoms with E-state index in [1.54, 1.807) is 36.4 Å². The number of nitro groups is 1. The summed E-state index contributed by atoms with van der Waals surface area (Å²) >= 11 is 0. The molecule has 1 saturated heterocycles. The number of hydrogen-bond donors (Lipinski definition) is 1. The minimum atomic E-state index is -0.629. The fourth-order valence-electron chi connectivity index (χ4n) is 3.16. The number of amides is 2. The zero-order chi connectivity index (χ0) is 22.7. The Bertz CT molecular complexity index is 1240. The quantitative estimate of drug-likeness (QED) is 0.276. The third-order valence-corrected chi connectivity index (χ3v) is 4.68. The summed E-state index contributed by atoms with van der Waals surface area (Å²) in [6, 6.07) is 18.3. The normalized spacial score (nSPS) is 14.5. The Morgan fingerprint density at radius 3 is 2.53 bits per heavy atom. The zero-order valence-corrected chi connectivity index (χ0v) is 16.5. The lowest BCUT2D eigenvalue weighted by Crippen LogP contribution is -2.35. The van der Waals surface area contributed by atoms with Gasteiger partial charge in [0.25, 0.3) is 11.8 Å². The van der Waals surface area contributed by atoms with E-state index in [2.05, 4.69) is 5.43 Å². The van der Waals surface area contributed by atoms with Crippen molar-refractivity contribution in [2.24, 2.45) is 0 Å². The first-order valence-electron chi connectivity index (χ1n) is 9.50. The van der Waals surface area contributed by atoms with Gasteiger partial charge < -0.3 is 4.74 Å². The molecular formula is C23H16FN3O5. The summed E-state index contributed by atoms with van der Waals surface area (Å²) in [5.74, 6) is -1.65. The Hall–Kier alpha value is -4.53. The van der Waals surface area contributed by atoms with E-state index in [-0.39, 0.29) is 29.2 Å². The van der Waals surface area contributed by atoms with Crippen LogP contribution in [-0.2, 0) is 16.2 Å². The van der Waals surface area contributed by atoms with Gasteiger partial charge in [0.1, 0.15) is 18.0 Å². The van der Waals surface area contributed by atoms with E-state index in [9.17, 15) is 24.1 Å². The first-order chi connectivity index (χ1) is 15.4. The molecule has 1 fully saturated rings. The highest BCUT2D eigenvalue weighted by atomic mass is 19.1. The van der Waals surface area contributed by atoms with E-state index >= 15 is 0 Å². The van der Waals surface area contributed by atoms with E-state index in [4.69, 9.17) is 4.74 Å². The van der Waals surface area contributed by atoms with Crippen LogP contribution in [0.4, 0.5) is 15.8 Å². The summed E-state index contributed by atoms with van der Waals surface area (Å²) < 4.78 is 18.8. The molecule has 0 aliphatic carbocycles. The number of ether oxygens (including phenoxy) is 1. The highest BCUT2D eigenvalue weighted by Gasteiger charge is 2.34. The Kier molecular flexibility index (Phi) is 5.63. The van der Waals surface area contributed by atoms with Gasteiger partial charge in [-0.15, -0.1) is 0 Å². The molecule has 8 nitrogen and oxygen atoms in total. The van der Waals surface area contributed by atoms with Crippen LogP contribution >= 0.6 is 0 Å². The van der Waals surface area contributed by atoms with Gasteiger partial charge in [-0.1, -0.05) is 36.4 Å². The van der Waals surface area contributed by atoms with Gasteiger partial charge in [-0.2, -0.15) is 0 Å². The molecular weight excluding hydrogens is 417 g/mol. The topological polar surface area (TPSA) is 102 Å². The second-order valence-corrected chi connectivity index (χ2v) is 6.88. The average Bonchev–Trinajstić information content (AvgIpc) is 3.07. The van der Waals surface area contributed by atoms with Crippen molar-refractivity contribution in [2.75, 3.05) is 5.01 Å². The fourth-order valence-corrected chi connectivity index (χ4v) is 3.16. The molecule has 2 amide bonds.